The third-order valence-electron chi connectivity index (χ3n) is 4.50. The van der Waals surface area contributed by atoms with Crippen molar-refractivity contribution in [3.8, 4) is 5.69 Å². The van der Waals surface area contributed by atoms with Crippen LogP contribution in [0.15, 0.2) is 46.4 Å². The van der Waals surface area contributed by atoms with E-state index in [9.17, 15) is 14.4 Å². The molecular formula is C21H23ClN4O3. The highest BCUT2D eigenvalue weighted by Crippen LogP contribution is 2.18. The molecule has 29 heavy (non-hydrogen) atoms. The Morgan fingerprint density at radius 3 is 2.62 bits per heavy atom. The van der Waals surface area contributed by atoms with Crippen molar-refractivity contribution in [2.45, 2.75) is 33.6 Å². The summed E-state index contributed by atoms with van der Waals surface area (Å²) < 4.78 is 1.39. The van der Waals surface area contributed by atoms with Gasteiger partial charge in [0.05, 0.1) is 11.3 Å². The molecule has 2 N–H and O–H groups in total. The van der Waals surface area contributed by atoms with Crippen LogP contribution in [0.4, 0.5) is 4.79 Å². The van der Waals surface area contributed by atoms with Gasteiger partial charge in [0.25, 0.3) is 11.5 Å². The number of aromatic nitrogens is 2. The lowest BCUT2D eigenvalue weighted by atomic mass is 10.1. The second-order valence-electron chi connectivity index (χ2n) is 7.06. The zero-order chi connectivity index (χ0) is 21.1. The summed E-state index contributed by atoms with van der Waals surface area (Å²) in [6, 6.07) is 6.42. The second-order valence-corrected chi connectivity index (χ2v) is 7.50. The van der Waals surface area contributed by atoms with E-state index in [1.807, 2.05) is 20.8 Å². The molecule has 2 aromatic rings. The molecule has 0 spiro atoms. The van der Waals surface area contributed by atoms with E-state index in [2.05, 4.69) is 10.4 Å². The van der Waals surface area contributed by atoms with Gasteiger partial charge in [-0.1, -0.05) is 42.7 Å². The van der Waals surface area contributed by atoms with E-state index in [0.717, 1.165) is 16.9 Å². The number of benzene rings is 1. The molecule has 1 aliphatic heterocycles. The number of nitrogens with zero attached hydrogens (tertiary/aromatic N) is 2. The van der Waals surface area contributed by atoms with Crippen LogP contribution in [-0.2, 0) is 11.2 Å². The summed E-state index contributed by atoms with van der Waals surface area (Å²) in [5.74, 6) is -0.454. The predicted octanol–water partition coefficient (Wildman–Crippen LogP) is 3.63. The number of nitrogens with one attached hydrogen (secondary N) is 2. The van der Waals surface area contributed by atoms with E-state index in [-0.39, 0.29) is 17.8 Å². The van der Waals surface area contributed by atoms with Crippen LogP contribution in [0.5, 0.6) is 0 Å². The Labute approximate surface area is 173 Å². The van der Waals surface area contributed by atoms with Crippen LogP contribution in [0.25, 0.3) is 11.8 Å². The Balaban J connectivity index is 2.02. The van der Waals surface area contributed by atoms with Crippen molar-refractivity contribution in [1.29, 1.82) is 0 Å². The molecular weight excluding hydrogens is 392 g/mol. The molecule has 0 aliphatic carbocycles. The quantitative estimate of drug-likeness (QED) is 0.430. The summed E-state index contributed by atoms with van der Waals surface area (Å²) in [6.45, 7) is 5.97. The van der Waals surface area contributed by atoms with Crippen LogP contribution >= 0.6 is 11.6 Å². The summed E-state index contributed by atoms with van der Waals surface area (Å²) in [6.07, 6.45) is 4.67. The van der Waals surface area contributed by atoms with Crippen molar-refractivity contribution in [3.05, 3.63) is 68.2 Å². The summed E-state index contributed by atoms with van der Waals surface area (Å²) >= 11 is 6.05. The van der Waals surface area contributed by atoms with E-state index in [4.69, 9.17) is 11.6 Å². The molecule has 0 radical (unpaired) electrons. The average molecular weight is 415 g/mol. The minimum atomic E-state index is -0.499. The standard InChI is InChI=1S/C21H23ClN4O3/c1-4-6-17-16(19(27)26(24-17)15-8-5-7-14(22)11-15)12-18-20(28)25(21(29)23-18)10-9-13(2)3/h5,7-9,11-12,24H,4,6,10H2,1-3H3,(H,23,29)/b18-12-. The van der Waals surface area contributed by atoms with Gasteiger partial charge < -0.3 is 5.32 Å². The van der Waals surface area contributed by atoms with Crippen molar-refractivity contribution in [3.63, 3.8) is 0 Å². The fourth-order valence-corrected chi connectivity index (χ4v) is 3.22. The number of halogens is 1. The highest BCUT2D eigenvalue weighted by molar-refractivity contribution is 6.30. The SMILES string of the molecule is CCCc1[nH]n(-c2cccc(Cl)c2)c(=O)c1/C=C1\NC(=O)N(CC=C(C)C)C1=O. The fourth-order valence-electron chi connectivity index (χ4n) is 3.04. The molecule has 3 rings (SSSR count). The lowest BCUT2D eigenvalue weighted by molar-refractivity contribution is -0.122. The number of hydrogen-bond donors (Lipinski definition) is 2. The van der Waals surface area contributed by atoms with Crippen molar-refractivity contribution in [2.24, 2.45) is 0 Å². The van der Waals surface area contributed by atoms with Gasteiger partial charge in [-0.3, -0.25) is 19.6 Å². The van der Waals surface area contributed by atoms with Crippen molar-refractivity contribution in [2.75, 3.05) is 6.54 Å². The largest absolute Gasteiger partial charge is 0.329 e. The normalized spacial score (nSPS) is 15.2. The molecule has 7 nitrogen and oxygen atoms in total. The Kier molecular flexibility index (Phi) is 6.08. The first-order chi connectivity index (χ1) is 13.8. The van der Waals surface area contributed by atoms with Crippen LogP contribution in [0.3, 0.4) is 0 Å². The summed E-state index contributed by atoms with van der Waals surface area (Å²) in [5, 5.41) is 6.17. The molecule has 1 saturated heterocycles. The van der Waals surface area contributed by atoms with Crippen LogP contribution in [-0.4, -0.2) is 33.2 Å². The molecule has 0 bridgehead atoms. The summed E-state index contributed by atoms with van der Waals surface area (Å²) in [5.41, 5.74) is 2.41. The molecule has 1 aliphatic rings. The lowest BCUT2D eigenvalue weighted by Crippen LogP contribution is -2.31. The van der Waals surface area contributed by atoms with Gasteiger partial charge in [-0.2, -0.15) is 0 Å². The third-order valence-corrected chi connectivity index (χ3v) is 4.74. The lowest BCUT2D eigenvalue weighted by Gasteiger charge is -2.08. The van der Waals surface area contributed by atoms with Gasteiger partial charge in [-0.25, -0.2) is 9.48 Å². The van der Waals surface area contributed by atoms with Crippen molar-refractivity contribution >= 4 is 29.6 Å². The van der Waals surface area contributed by atoms with Gasteiger partial charge in [0.2, 0.25) is 0 Å². The third kappa shape index (κ3) is 4.35. The van der Waals surface area contributed by atoms with E-state index in [1.165, 1.54) is 10.8 Å². The first kappa shape index (κ1) is 20.7. The van der Waals surface area contributed by atoms with E-state index < -0.39 is 11.9 Å². The number of imide groups is 1. The van der Waals surface area contributed by atoms with Gasteiger partial charge >= 0.3 is 6.03 Å². The number of aromatic amines is 1. The molecule has 3 amide bonds. The van der Waals surface area contributed by atoms with Gasteiger partial charge in [0, 0.05) is 17.3 Å². The first-order valence-electron chi connectivity index (χ1n) is 9.39. The van der Waals surface area contributed by atoms with Crippen LogP contribution in [0.1, 0.15) is 38.4 Å². The molecule has 0 atom stereocenters. The van der Waals surface area contributed by atoms with E-state index >= 15 is 0 Å². The molecule has 152 valence electrons. The van der Waals surface area contributed by atoms with Crippen LogP contribution in [0, 0.1) is 0 Å². The second kappa shape index (κ2) is 8.53. The molecule has 0 saturated carbocycles. The van der Waals surface area contributed by atoms with Gasteiger partial charge in [0.15, 0.2) is 0 Å². The van der Waals surface area contributed by atoms with Gasteiger partial charge in [-0.05, 0) is 44.5 Å². The number of allylic oxidation sites excluding steroid dienone is 1. The first-order valence-corrected chi connectivity index (χ1v) is 9.77. The molecule has 1 fully saturated rings. The summed E-state index contributed by atoms with van der Waals surface area (Å²) in [7, 11) is 0. The maximum atomic E-state index is 13.0. The fraction of sp³-hybridized carbons (Fsp3) is 0.286. The van der Waals surface area contributed by atoms with E-state index in [1.54, 1.807) is 30.3 Å². The maximum Gasteiger partial charge on any atom is 0.329 e. The number of carbonyl (C=O) groups is 2. The molecule has 8 heteroatoms. The highest BCUT2D eigenvalue weighted by Gasteiger charge is 2.33. The smallest absolute Gasteiger partial charge is 0.303 e. The Bertz CT molecular complexity index is 1070. The minimum absolute atomic E-state index is 0.0869. The number of H-pyrrole nitrogens is 1. The number of carbonyl (C=O) groups excluding carboxylic acids is 2. The average Bonchev–Trinajstić information content (AvgIpc) is 3.11. The van der Waals surface area contributed by atoms with E-state index in [0.29, 0.717) is 28.4 Å². The predicted molar refractivity (Wildman–Crippen MR) is 113 cm³/mol. The molecule has 1 aromatic heterocycles. The number of aryl methyl sites for hydroxylation is 1. The summed E-state index contributed by atoms with van der Waals surface area (Å²) in [4.78, 5) is 39.0. The minimum Gasteiger partial charge on any atom is -0.303 e. The van der Waals surface area contributed by atoms with Crippen LogP contribution in [0.2, 0.25) is 5.02 Å². The zero-order valence-corrected chi connectivity index (χ0v) is 17.3. The monoisotopic (exact) mass is 414 g/mol. The maximum absolute atomic E-state index is 13.0. The Hall–Kier alpha value is -3.06. The highest BCUT2D eigenvalue weighted by atomic mass is 35.5. The Morgan fingerprint density at radius 1 is 1.21 bits per heavy atom. The van der Waals surface area contributed by atoms with Gasteiger partial charge in [-0.15, -0.1) is 0 Å². The molecule has 2 heterocycles. The van der Waals surface area contributed by atoms with Crippen molar-refractivity contribution < 1.29 is 9.59 Å². The number of hydrogen-bond acceptors (Lipinski definition) is 3. The number of urea groups is 1. The molecule has 1 aromatic carbocycles. The van der Waals surface area contributed by atoms with Crippen LogP contribution < -0.4 is 10.9 Å². The number of amides is 3. The topological polar surface area (TPSA) is 87.2 Å². The zero-order valence-electron chi connectivity index (χ0n) is 16.6. The Morgan fingerprint density at radius 2 is 1.97 bits per heavy atom. The number of rotatable bonds is 6. The molecule has 0 unspecified atom stereocenters. The van der Waals surface area contributed by atoms with Gasteiger partial charge in [0.1, 0.15) is 5.70 Å². The van der Waals surface area contributed by atoms with Crippen molar-refractivity contribution in [1.82, 2.24) is 20.0 Å².